The van der Waals surface area contributed by atoms with Crippen LogP contribution in [0.2, 0.25) is 0 Å². The number of anilines is 2. The number of sulfonamides is 1. The number of hydrogen-bond acceptors (Lipinski definition) is 9. The molecule has 3 aliphatic heterocycles. The average molecular weight is 565 g/mol. The summed E-state index contributed by atoms with van der Waals surface area (Å²) in [6.07, 6.45) is 2.74. The number of aromatic nitrogens is 2. The Balaban J connectivity index is 0.995. The molecule has 3 fully saturated rings. The zero-order valence-electron chi connectivity index (χ0n) is 22.6. The third kappa shape index (κ3) is 6.22. The first-order valence-electron chi connectivity index (χ1n) is 14.1. The molecule has 4 heterocycles. The number of hydrogen-bond donors (Lipinski definition) is 0. The van der Waals surface area contributed by atoms with E-state index >= 15 is 0 Å². The Bertz CT molecular complexity index is 1340. The van der Waals surface area contributed by atoms with Crippen LogP contribution in [-0.2, 0) is 14.8 Å². The highest BCUT2D eigenvalue weighted by Gasteiger charge is 2.29. The van der Waals surface area contributed by atoms with Crippen molar-refractivity contribution in [3.63, 3.8) is 0 Å². The van der Waals surface area contributed by atoms with Gasteiger partial charge in [0.25, 0.3) is 0 Å². The molecule has 6 rings (SSSR count). The molecule has 40 heavy (non-hydrogen) atoms. The van der Waals surface area contributed by atoms with Crippen molar-refractivity contribution in [3.05, 3.63) is 66.7 Å². The van der Waals surface area contributed by atoms with Gasteiger partial charge in [0.05, 0.1) is 11.0 Å². The zero-order valence-corrected chi connectivity index (χ0v) is 23.5. The van der Waals surface area contributed by atoms with Crippen LogP contribution in [-0.4, -0.2) is 99.4 Å². The smallest absolute Gasteiger partial charge is 0.243 e. The number of rotatable bonds is 8. The highest BCUT2D eigenvalue weighted by molar-refractivity contribution is 7.89. The van der Waals surface area contributed by atoms with Crippen molar-refractivity contribution in [1.29, 1.82) is 0 Å². The first-order chi connectivity index (χ1) is 19.5. The van der Waals surface area contributed by atoms with E-state index in [-0.39, 0.29) is 4.90 Å². The second-order valence-corrected chi connectivity index (χ2v) is 12.4. The molecule has 1 atom stereocenters. The Labute approximate surface area is 236 Å². The lowest BCUT2D eigenvalue weighted by Gasteiger charge is -2.36. The first kappa shape index (κ1) is 26.9. The lowest BCUT2D eigenvalue weighted by atomic mass is 10.2. The lowest BCUT2D eigenvalue weighted by Crippen LogP contribution is -2.49. The van der Waals surface area contributed by atoms with Gasteiger partial charge in [0.15, 0.2) is 11.6 Å². The van der Waals surface area contributed by atoms with Crippen molar-refractivity contribution < 1.29 is 17.9 Å². The molecular formula is C29H36N6O4S. The Kier molecular flexibility index (Phi) is 8.15. The quantitative estimate of drug-likeness (QED) is 0.409. The highest BCUT2D eigenvalue weighted by Crippen LogP contribution is 2.26. The zero-order chi connectivity index (χ0) is 27.4. The van der Waals surface area contributed by atoms with Gasteiger partial charge in [0.2, 0.25) is 10.0 Å². The minimum absolute atomic E-state index is 0.265. The third-order valence-corrected chi connectivity index (χ3v) is 9.73. The van der Waals surface area contributed by atoms with E-state index in [1.54, 1.807) is 24.3 Å². The second kappa shape index (κ2) is 12.1. The number of ether oxygens (including phenoxy) is 2. The van der Waals surface area contributed by atoms with Gasteiger partial charge < -0.3 is 19.3 Å². The second-order valence-electron chi connectivity index (χ2n) is 10.5. The summed E-state index contributed by atoms with van der Waals surface area (Å²) in [6.45, 7) is 7.68. The standard InChI is InChI=1S/C29H36N6O4S/c36-40(37,27-10-8-25(9-11-27)39-24-5-2-1-3-6-24)35-20-18-34(19-21-35)29-13-12-28(30-31-29)33-16-14-32(15-17-33)23-26-7-4-22-38-26/h1-3,5-6,8-13,26H,4,7,14-23H2. The fourth-order valence-corrected chi connectivity index (χ4v) is 6.92. The molecule has 1 unspecified atom stereocenters. The topological polar surface area (TPSA) is 91.3 Å². The lowest BCUT2D eigenvalue weighted by molar-refractivity contribution is 0.0712. The van der Waals surface area contributed by atoms with Gasteiger partial charge in [0.1, 0.15) is 11.5 Å². The van der Waals surface area contributed by atoms with E-state index in [1.165, 1.54) is 17.1 Å². The summed E-state index contributed by atoms with van der Waals surface area (Å²) in [5, 5.41) is 8.99. The van der Waals surface area contributed by atoms with Crippen LogP contribution < -0.4 is 14.5 Å². The van der Waals surface area contributed by atoms with Gasteiger partial charge in [-0.1, -0.05) is 18.2 Å². The van der Waals surface area contributed by atoms with E-state index in [0.29, 0.717) is 43.8 Å². The van der Waals surface area contributed by atoms with Crippen LogP contribution in [0.5, 0.6) is 11.5 Å². The number of benzene rings is 2. The van der Waals surface area contributed by atoms with Crippen molar-refractivity contribution >= 4 is 21.7 Å². The molecule has 11 heteroatoms. The molecule has 0 N–H and O–H groups in total. The average Bonchev–Trinajstić information content (AvgIpc) is 3.52. The molecule has 3 aromatic rings. The van der Waals surface area contributed by atoms with Gasteiger partial charge in [0, 0.05) is 65.5 Å². The summed E-state index contributed by atoms with van der Waals surface area (Å²) < 4.78 is 39.6. The summed E-state index contributed by atoms with van der Waals surface area (Å²) >= 11 is 0. The summed E-state index contributed by atoms with van der Waals surface area (Å²) in [6, 6.07) is 20.0. The van der Waals surface area contributed by atoms with Crippen LogP contribution in [0.1, 0.15) is 12.8 Å². The maximum atomic E-state index is 13.3. The molecular weight excluding hydrogens is 528 g/mol. The fourth-order valence-electron chi connectivity index (χ4n) is 5.50. The third-order valence-electron chi connectivity index (χ3n) is 7.82. The molecule has 10 nitrogen and oxygen atoms in total. The van der Waals surface area contributed by atoms with Crippen molar-refractivity contribution in [3.8, 4) is 11.5 Å². The maximum absolute atomic E-state index is 13.3. The van der Waals surface area contributed by atoms with Gasteiger partial charge in [-0.15, -0.1) is 10.2 Å². The predicted molar refractivity (Wildman–Crippen MR) is 154 cm³/mol. The van der Waals surface area contributed by atoms with Gasteiger partial charge >= 0.3 is 0 Å². The normalized spacial score (nSPS) is 21.1. The minimum atomic E-state index is -3.59. The molecule has 1 aromatic heterocycles. The molecule has 212 valence electrons. The number of nitrogens with zero attached hydrogens (tertiary/aromatic N) is 6. The molecule has 0 amide bonds. The molecule has 0 aliphatic carbocycles. The van der Waals surface area contributed by atoms with Gasteiger partial charge in [-0.2, -0.15) is 4.31 Å². The fraction of sp³-hybridized carbons (Fsp3) is 0.448. The molecule has 3 aliphatic rings. The summed E-state index contributed by atoms with van der Waals surface area (Å²) in [7, 11) is -3.59. The van der Waals surface area contributed by atoms with Crippen LogP contribution in [0.3, 0.4) is 0 Å². The van der Waals surface area contributed by atoms with E-state index < -0.39 is 10.0 Å². The largest absolute Gasteiger partial charge is 0.457 e. The van der Waals surface area contributed by atoms with E-state index in [9.17, 15) is 8.42 Å². The van der Waals surface area contributed by atoms with Crippen molar-refractivity contribution in [2.75, 3.05) is 75.3 Å². The van der Waals surface area contributed by atoms with Crippen LogP contribution in [0, 0.1) is 0 Å². The maximum Gasteiger partial charge on any atom is 0.243 e. The summed E-state index contributed by atoms with van der Waals surface area (Å²) in [5.41, 5.74) is 0. The Morgan fingerprint density at radius 1 is 0.750 bits per heavy atom. The van der Waals surface area contributed by atoms with E-state index in [1.807, 2.05) is 42.5 Å². The molecule has 3 saturated heterocycles. The van der Waals surface area contributed by atoms with Crippen LogP contribution >= 0.6 is 0 Å². The monoisotopic (exact) mass is 564 g/mol. The van der Waals surface area contributed by atoms with Crippen molar-refractivity contribution in [2.24, 2.45) is 0 Å². The minimum Gasteiger partial charge on any atom is -0.457 e. The number of piperazine rings is 2. The van der Waals surface area contributed by atoms with Gasteiger partial charge in [-0.3, -0.25) is 4.90 Å². The SMILES string of the molecule is O=S(=O)(c1ccc(Oc2ccccc2)cc1)N1CCN(c2ccc(N3CCN(CC4CCCO4)CC3)nn2)CC1. The van der Waals surface area contributed by atoms with E-state index in [4.69, 9.17) is 9.47 Å². The molecule has 2 aromatic carbocycles. The predicted octanol–water partition coefficient (Wildman–Crippen LogP) is 3.08. The summed E-state index contributed by atoms with van der Waals surface area (Å²) in [4.78, 5) is 7.12. The Morgan fingerprint density at radius 3 is 1.93 bits per heavy atom. The molecule has 0 radical (unpaired) electrons. The molecule has 0 bridgehead atoms. The summed E-state index contributed by atoms with van der Waals surface area (Å²) in [5.74, 6) is 2.97. The molecule has 0 spiro atoms. The van der Waals surface area contributed by atoms with Crippen LogP contribution in [0.15, 0.2) is 71.6 Å². The van der Waals surface area contributed by atoms with E-state index in [0.717, 1.165) is 51.0 Å². The Hall–Kier alpha value is -3.25. The van der Waals surface area contributed by atoms with Gasteiger partial charge in [-0.05, 0) is 61.4 Å². The first-order valence-corrected chi connectivity index (χ1v) is 15.5. The highest BCUT2D eigenvalue weighted by atomic mass is 32.2. The number of para-hydroxylation sites is 1. The van der Waals surface area contributed by atoms with Crippen molar-refractivity contribution in [2.45, 2.75) is 23.8 Å². The van der Waals surface area contributed by atoms with Crippen LogP contribution in [0.4, 0.5) is 11.6 Å². The van der Waals surface area contributed by atoms with Crippen LogP contribution in [0.25, 0.3) is 0 Å². The molecule has 0 saturated carbocycles. The van der Waals surface area contributed by atoms with Gasteiger partial charge in [-0.25, -0.2) is 8.42 Å². The Morgan fingerprint density at radius 2 is 1.35 bits per heavy atom. The van der Waals surface area contributed by atoms with Crippen molar-refractivity contribution in [1.82, 2.24) is 19.4 Å². The van der Waals surface area contributed by atoms with E-state index in [2.05, 4.69) is 24.9 Å².